The third-order valence-electron chi connectivity index (χ3n) is 6.12. The molecule has 0 radical (unpaired) electrons. The molecule has 0 aromatic heterocycles. The van der Waals surface area contributed by atoms with Crippen LogP contribution in [-0.4, -0.2) is 0 Å². The van der Waals surface area contributed by atoms with Gasteiger partial charge in [-0.25, -0.2) is 0 Å². The summed E-state index contributed by atoms with van der Waals surface area (Å²) in [5.41, 5.74) is 1.13. The van der Waals surface area contributed by atoms with E-state index in [9.17, 15) is 0 Å². The molecular formula is C17H42N2. The van der Waals surface area contributed by atoms with E-state index in [-0.39, 0.29) is 12.3 Å². The van der Waals surface area contributed by atoms with Gasteiger partial charge in [-0.05, 0) is 48.9 Å². The molecule has 0 spiro atoms. The van der Waals surface area contributed by atoms with E-state index < -0.39 is 0 Å². The van der Waals surface area contributed by atoms with Crippen LogP contribution in [0.5, 0.6) is 0 Å². The first-order valence-corrected chi connectivity index (χ1v) is 8.07. The lowest BCUT2D eigenvalue weighted by molar-refractivity contribution is -0.0478. The average molecular weight is 275 g/mol. The number of rotatable bonds is 9. The molecule has 19 heavy (non-hydrogen) atoms. The van der Waals surface area contributed by atoms with Gasteiger partial charge in [0.1, 0.15) is 0 Å². The van der Waals surface area contributed by atoms with Crippen molar-refractivity contribution in [1.82, 2.24) is 12.3 Å². The monoisotopic (exact) mass is 274 g/mol. The second kappa shape index (κ2) is 10.7. The molecule has 6 N–H and O–H groups in total. The Balaban J connectivity index is -0.00000128. The predicted octanol–water partition coefficient (Wildman–Crippen LogP) is 6.77. The summed E-state index contributed by atoms with van der Waals surface area (Å²) in [6.07, 6.45) is 9.44. The first kappa shape index (κ1) is 24.0. The maximum Gasteiger partial charge on any atom is -0.0218 e. The first-order valence-electron chi connectivity index (χ1n) is 8.07. The third-order valence-corrected chi connectivity index (χ3v) is 6.12. The standard InChI is InChI=1S/C17H36.2H3N/c1-8-15(9-2)17(13-6,14-7)16(10-3,11-4)12-5;;/h15H,8-14H2,1-7H3;2*1H3. The summed E-state index contributed by atoms with van der Waals surface area (Å²) < 4.78 is 0. The van der Waals surface area contributed by atoms with Crippen LogP contribution in [0.15, 0.2) is 0 Å². The number of hydrogen-bond donors (Lipinski definition) is 2. The molecule has 0 unspecified atom stereocenters. The van der Waals surface area contributed by atoms with Crippen molar-refractivity contribution in [1.29, 1.82) is 0 Å². The smallest absolute Gasteiger partial charge is 0.0218 e. The molecule has 0 heterocycles. The predicted molar refractivity (Wildman–Crippen MR) is 90.4 cm³/mol. The van der Waals surface area contributed by atoms with Crippen LogP contribution in [-0.2, 0) is 0 Å². The summed E-state index contributed by atoms with van der Waals surface area (Å²) in [5.74, 6) is 0.900. The van der Waals surface area contributed by atoms with E-state index >= 15 is 0 Å². The van der Waals surface area contributed by atoms with E-state index in [0.29, 0.717) is 10.8 Å². The Kier molecular flexibility index (Phi) is 13.5. The minimum atomic E-state index is 0. The molecular weight excluding hydrogens is 232 g/mol. The Bertz CT molecular complexity index is 181. The topological polar surface area (TPSA) is 70.0 Å². The van der Waals surface area contributed by atoms with E-state index in [4.69, 9.17) is 0 Å². The van der Waals surface area contributed by atoms with Crippen LogP contribution in [0.3, 0.4) is 0 Å². The third kappa shape index (κ3) is 3.95. The molecule has 0 aliphatic heterocycles. The van der Waals surface area contributed by atoms with Crippen LogP contribution in [0, 0.1) is 16.7 Å². The molecule has 0 aromatic rings. The van der Waals surface area contributed by atoms with Gasteiger partial charge in [0.05, 0.1) is 0 Å². The zero-order valence-corrected chi connectivity index (χ0v) is 14.9. The fraction of sp³-hybridized carbons (Fsp3) is 1.00. The molecule has 0 aliphatic rings. The summed E-state index contributed by atoms with van der Waals surface area (Å²) in [5, 5.41) is 0. The molecule has 0 aromatic carbocycles. The van der Waals surface area contributed by atoms with Gasteiger partial charge in [-0.2, -0.15) is 0 Å². The van der Waals surface area contributed by atoms with Crippen LogP contribution in [0.1, 0.15) is 93.4 Å². The molecule has 0 saturated heterocycles. The van der Waals surface area contributed by atoms with Gasteiger partial charge in [-0.15, -0.1) is 0 Å². The Morgan fingerprint density at radius 3 is 1.05 bits per heavy atom. The van der Waals surface area contributed by atoms with Crippen molar-refractivity contribution in [2.45, 2.75) is 93.4 Å². The second-order valence-corrected chi connectivity index (χ2v) is 5.72. The van der Waals surface area contributed by atoms with E-state index in [0.717, 1.165) is 5.92 Å². The lowest BCUT2D eigenvalue weighted by Gasteiger charge is -2.54. The lowest BCUT2D eigenvalue weighted by Crippen LogP contribution is -2.45. The van der Waals surface area contributed by atoms with Gasteiger partial charge in [0, 0.05) is 0 Å². The zero-order chi connectivity index (χ0) is 13.5. The van der Waals surface area contributed by atoms with Gasteiger partial charge in [-0.3, -0.25) is 0 Å². The van der Waals surface area contributed by atoms with Crippen molar-refractivity contribution in [3.05, 3.63) is 0 Å². The number of hydrogen-bond acceptors (Lipinski definition) is 2. The molecule has 0 fully saturated rings. The Morgan fingerprint density at radius 2 is 0.895 bits per heavy atom. The first-order chi connectivity index (χ1) is 8.07. The molecule has 2 nitrogen and oxygen atoms in total. The fourth-order valence-corrected chi connectivity index (χ4v) is 4.89. The minimum Gasteiger partial charge on any atom is -0.344 e. The SMILES string of the molecule is CCC(CC)C(CC)(CC)C(CC)(CC)CC.N.N. The van der Waals surface area contributed by atoms with Crippen molar-refractivity contribution in [3.8, 4) is 0 Å². The van der Waals surface area contributed by atoms with E-state index in [1.54, 1.807) is 0 Å². The summed E-state index contributed by atoms with van der Waals surface area (Å²) in [6, 6.07) is 0. The summed E-state index contributed by atoms with van der Waals surface area (Å²) in [4.78, 5) is 0. The fourth-order valence-electron chi connectivity index (χ4n) is 4.89. The second-order valence-electron chi connectivity index (χ2n) is 5.72. The van der Waals surface area contributed by atoms with Gasteiger partial charge < -0.3 is 12.3 Å². The molecule has 0 bridgehead atoms. The highest BCUT2D eigenvalue weighted by molar-refractivity contribution is 4.98. The largest absolute Gasteiger partial charge is 0.344 e. The van der Waals surface area contributed by atoms with Crippen LogP contribution >= 0.6 is 0 Å². The van der Waals surface area contributed by atoms with Gasteiger partial charge in [0.15, 0.2) is 0 Å². The zero-order valence-electron chi connectivity index (χ0n) is 14.9. The quantitative estimate of drug-likeness (QED) is 0.487. The molecule has 0 saturated carbocycles. The van der Waals surface area contributed by atoms with Crippen LogP contribution in [0.2, 0.25) is 0 Å². The van der Waals surface area contributed by atoms with Crippen molar-refractivity contribution in [2.24, 2.45) is 16.7 Å². The van der Waals surface area contributed by atoms with Crippen LogP contribution in [0.25, 0.3) is 0 Å². The van der Waals surface area contributed by atoms with Crippen LogP contribution < -0.4 is 12.3 Å². The molecule has 2 heteroatoms. The van der Waals surface area contributed by atoms with Gasteiger partial charge in [0.25, 0.3) is 0 Å². The van der Waals surface area contributed by atoms with Gasteiger partial charge in [-0.1, -0.05) is 61.3 Å². The Hall–Kier alpha value is -0.0800. The minimum absolute atomic E-state index is 0. The maximum absolute atomic E-state index is 2.43. The van der Waals surface area contributed by atoms with Crippen molar-refractivity contribution in [2.75, 3.05) is 0 Å². The summed E-state index contributed by atoms with van der Waals surface area (Å²) in [7, 11) is 0. The van der Waals surface area contributed by atoms with Crippen molar-refractivity contribution in [3.63, 3.8) is 0 Å². The highest BCUT2D eigenvalue weighted by Crippen LogP contribution is 2.57. The molecule has 0 rings (SSSR count). The Morgan fingerprint density at radius 1 is 0.579 bits per heavy atom. The maximum atomic E-state index is 2.43. The Labute approximate surface area is 123 Å². The van der Waals surface area contributed by atoms with Gasteiger partial charge in [0.2, 0.25) is 0 Å². The van der Waals surface area contributed by atoms with Gasteiger partial charge >= 0.3 is 0 Å². The molecule has 0 amide bonds. The van der Waals surface area contributed by atoms with Crippen molar-refractivity contribution < 1.29 is 0 Å². The average Bonchev–Trinajstić information content (AvgIpc) is 2.40. The highest BCUT2D eigenvalue weighted by atomic mass is 14.5. The normalized spacial score (nSPS) is 12.0. The van der Waals surface area contributed by atoms with Crippen molar-refractivity contribution >= 4 is 0 Å². The van der Waals surface area contributed by atoms with E-state index in [2.05, 4.69) is 48.5 Å². The molecule has 0 aliphatic carbocycles. The van der Waals surface area contributed by atoms with E-state index in [1.807, 2.05) is 0 Å². The summed E-state index contributed by atoms with van der Waals surface area (Å²) in [6.45, 7) is 16.9. The highest BCUT2D eigenvalue weighted by Gasteiger charge is 2.48. The van der Waals surface area contributed by atoms with E-state index in [1.165, 1.54) is 44.9 Å². The molecule has 0 atom stereocenters. The van der Waals surface area contributed by atoms with Crippen LogP contribution in [0.4, 0.5) is 0 Å². The summed E-state index contributed by atoms with van der Waals surface area (Å²) >= 11 is 0. The molecule has 120 valence electrons. The lowest BCUT2D eigenvalue weighted by atomic mass is 9.50.